The maximum absolute atomic E-state index is 13.6. The van der Waals surface area contributed by atoms with Crippen molar-refractivity contribution in [1.29, 1.82) is 0 Å². The lowest BCUT2D eigenvalue weighted by atomic mass is 10.1. The van der Waals surface area contributed by atoms with Gasteiger partial charge in [0.25, 0.3) is 5.91 Å². The molecular formula is C21H20FN5O. The van der Waals surface area contributed by atoms with E-state index in [0.29, 0.717) is 34.0 Å². The van der Waals surface area contributed by atoms with E-state index in [0.717, 1.165) is 17.0 Å². The largest absolute Gasteiger partial charge is 0.359 e. The monoisotopic (exact) mass is 377 g/mol. The van der Waals surface area contributed by atoms with Gasteiger partial charge >= 0.3 is 0 Å². The Morgan fingerprint density at radius 3 is 2.61 bits per heavy atom. The lowest BCUT2D eigenvalue weighted by molar-refractivity contribution is -0.112. The number of fused-ring (bicyclic) bond motifs is 1. The van der Waals surface area contributed by atoms with E-state index in [9.17, 15) is 9.18 Å². The number of likely N-dealkylation sites (N-methyl/N-ethyl adjacent to an activating group) is 1. The molecule has 3 aromatic rings. The van der Waals surface area contributed by atoms with Crippen LogP contribution in [0.2, 0.25) is 0 Å². The number of aromatic nitrogens is 3. The van der Waals surface area contributed by atoms with Crippen LogP contribution in [0.3, 0.4) is 0 Å². The number of carbonyl (C=O) groups excluding carboxylic acids is 1. The van der Waals surface area contributed by atoms with E-state index in [4.69, 9.17) is 0 Å². The molecule has 0 radical (unpaired) electrons. The molecule has 2 N–H and O–H groups in total. The zero-order valence-electron chi connectivity index (χ0n) is 16.1. The highest BCUT2D eigenvalue weighted by atomic mass is 19.1. The van der Waals surface area contributed by atoms with Crippen molar-refractivity contribution in [3.8, 4) is 0 Å². The van der Waals surface area contributed by atoms with Crippen molar-refractivity contribution in [2.24, 2.45) is 0 Å². The van der Waals surface area contributed by atoms with E-state index in [-0.39, 0.29) is 11.7 Å². The predicted octanol–water partition coefficient (Wildman–Crippen LogP) is 4.13. The Balaban J connectivity index is 1.83. The molecule has 7 heteroatoms. The van der Waals surface area contributed by atoms with Crippen molar-refractivity contribution in [3.63, 3.8) is 0 Å². The Morgan fingerprint density at radius 2 is 1.93 bits per heavy atom. The van der Waals surface area contributed by atoms with Gasteiger partial charge in [-0.15, -0.1) is 0 Å². The normalized spacial score (nSPS) is 14.7. The molecule has 0 saturated carbocycles. The number of amides is 1. The van der Waals surface area contributed by atoms with Crippen molar-refractivity contribution >= 4 is 34.9 Å². The van der Waals surface area contributed by atoms with Crippen LogP contribution in [0.25, 0.3) is 11.6 Å². The van der Waals surface area contributed by atoms with Crippen LogP contribution < -0.4 is 10.2 Å². The number of anilines is 3. The molecule has 0 bridgehead atoms. The van der Waals surface area contributed by atoms with Gasteiger partial charge in [0.15, 0.2) is 0 Å². The van der Waals surface area contributed by atoms with Crippen molar-refractivity contribution in [2.75, 3.05) is 17.3 Å². The third-order valence-electron chi connectivity index (χ3n) is 4.85. The molecule has 1 amide bonds. The molecule has 6 nitrogen and oxygen atoms in total. The molecule has 0 fully saturated rings. The van der Waals surface area contributed by atoms with E-state index >= 15 is 0 Å². The van der Waals surface area contributed by atoms with Gasteiger partial charge in [0.05, 0.1) is 11.1 Å². The van der Waals surface area contributed by atoms with Crippen LogP contribution in [0.5, 0.6) is 0 Å². The minimum Gasteiger partial charge on any atom is -0.359 e. The van der Waals surface area contributed by atoms with Crippen molar-refractivity contribution in [2.45, 2.75) is 20.8 Å². The number of aromatic amines is 1. The number of hydrogen-bond donors (Lipinski definition) is 2. The Kier molecular flexibility index (Phi) is 4.22. The minimum absolute atomic E-state index is 0.152. The summed E-state index contributed by atoms with van der Waals surface area (Å²) >= 11 is 0. The molecule has 1 aliphatic rings. The highest BCUT2D eigenvalue weighted by Gasteiger charge is 2.34. The van der Waals surface area contributed by atoms with E-state index in [2.05, 4.69) is 20.3 Å². The predicted molar refractivity (Wildman–Crippen MR) is 108 cm³/mol. The molecule has 0 aliphatic carbocycles. The van der Waals surface area contributed by atoms with Crippen molar-refractivity contribution in [1.82, 2.24) is 15.0 Å². The highest BCUT2D eigenvalue weighted by molar-refractivity contribution is 6.36. The van der Waals surface area contributed by atoms with Gasteiger partial charge in [0.2, 0.25) is 0 Å². The summed E-state index contributed by atoms with van der Waals surface area (Å²) in [4.78, 5) is 26.3. The maximum Gasteiger partial charge on any atom is 0.260 e. The number of H-pyrrole nitrogens is 1. The van der Waals surface area contributed by atoms with Gasteiger partial charge in [-0.05, 0) is 62.2 Å². The molecule has 1 aliphatic heterocycles. The summed E-state index contributed by atoms with van der Waals surface area (Å²) in [7, 11) is 1.69. The van der Waals surface area contributed by atoms with Gasteiger partial charge in [0.1, 0.15) is 23.8 Å². The smallest absolute Gasteiger partial charge is 0.260 e. The van der Waals surface area contributed by atoms with Crippen molar-refractivity contribution in [3.05, 3.63) is 64.5 Å². The standard InChI is InChI=1S/C21H20FN5O/c1-11-8-14(5-6-16(11)22)26-19-18-15(9-17-12(2)7-13(3)25-17)21(28)27(4)20(18)24-10-23-19/h5-10,25H,1-4H3,(H,23,24,26)/b15-9-. The van der Waals surface area contributed by atoms with E-state index in [1.165, 1.54) is 17.3 Å². The third-order valence-corrected chi connectivity index (χ3v) is 4.85. The molecule has 0 atom stereocenters. The van der Waals surface area contributed by atoms with Gasteiger partial charge in [-0.3, -0.25) is 9.69 Å². The average molecular weight is 377 g/mol. The Morgan fingerprint density at radius 1 is 1.14 bits per heavy atom. The lowest BCUT2D eigenvalue weighted by Crippen LogP contribution is -2.21. The van der Waals surface area contributed by atoms with Gasteiger partial charge in [-0.2, -0.15) is 0 Å². The number of carbonyl (C=O) groups is 1. The van der Waals surface area contributed by atoms with Crippen LogP contribution in [0, 0.1) is 26.6 Å². The van der Waals surface area contributed by atoms with Crippen LogP contribution in [-0.2, 0) is 4.79 Å². The molecular weight excluding hydrogens is 357 g/mol. The van der Waals surface area contributed by atoms with Gasteiger partial charge in [-0.1, -0.05) is 0 Å². The minimum atomic E-state index is -0.272. The molecule has 142 valence electrons. The zero-order chi connectivity index (χ0) is 20.0. The molecule has 28 heavy (non-hydrogen) atoms. The van der Waals surface area contributed by atoms with E-state index in [1.807, 2.05) is 26.0 Å². The Labute approximate surface area is 162 Å². The van der Waals surface area contributed by atoms with Crippen LogP contribution >= 0.6 is 0 Å². The number of hydrogen-bond acceptors (Lipinski definition) is 4. The maximum atomic E-state index is 13.6. The number of nitrogens with one attached hydrogen (secondary N) is 2. The lowest BCUT2D eigenvalue weighted by Gasteiger charge is -2.11. The first-order valence-corrected chi connectivity index (χ1v) is 8.89. The fraction of sp³-hybridized carbons (Fsp3) is 0.190. The Bertz CT molecular complexity index is 1130. The zero-order valence-corrected chi connectivity index (χ0v) is 16.1. The fourth-order valence-electron chi connectivity index (χ4n) is 3.39. The molecule has 3 heterocycles. The molecule has 1 aromatic carbocycles. The summed E-state index contributed by atoms with van der Waals surface area (Å²) in [5.41, 5.74) is 5.29. The molecule has 0 spiro atoms. The average Bonchev–Trinajstić information content (AvgIpc) is 3.10. The molecule has 0 saturated heterocycles. The first-order chi connectivity index (χ1) is 13.3. The van der Waals surface area contributed by atoms with E-state index < -0.39 is 0 Å². The van der Waals surface area contributed by atoms with Gasteiger partial charge < -0.3 is 10.3 Å². The van der Waals surface area contributed by atoms with Crippen LogP contribution in [-0.4, -0.2) is 27.9 Å². The van der Waals surface area contributed by atoms with E-state index in [1.54, 1.807) is 26.1 Å². The SMILES string of the molecule is Cc1cc(C)c(/C=C2\C(=O)N(C)c3ncnc(Nc4ccc(F)c(C)c4)c32)[nH]1. The number of aryl methyl sites for hydroxylation is 3. The fourth-order valence-corrected chi connectivity index (χ4v) is 3.39. The van der Waals surface area contributed by atoms with Gasteiger partial charge in [0, 0.05) is 24.1 Å². The summed E-state index contributed by atoms with van der Waals surface area (Å²) in [5.74, 6) is 0.612. The second-order valence-corrected chi connectivity index (χ2v) is 6.98. The molecule has 2 aromatic heterocycles. The summed E-state index contributed by atoms with van der Waals surface area (Å²) in [6.45, 7) is 5.66. The summed E-state index contributed by atoms with van der Waals surface area (Å²) in [5, 5.41) is 3.20. The topological polar surface area (TPSA) is 73.9 Å². The molecule has 4 rings (SSSR count). The second-order valence-electron chi connectivity index (χ2n) is 6.98. The summed E-state index contributed by atoms with van der Waals surface area (Å²) in [6.07, 6.45) is 3.24. The second kappa shape index (κ2) is 6.60. The van der Waals surface area contributed by atoms with Crippen LogP contribution in [0.4, 0.5) is 21.7 Å². The van der Waals surface area contributed by atoms with Crippen molar-refractivity contribution < 1.29 is 9.18 Å². The first kappa shape index (κ1) is 17.9. The number of benzene rings is 1. The number of nitrogens with zero attached hydrogens (tertiary/aromatic N) is 3. The number of halogens is 1. The first-order valence-electron chi connectivity index (χ1n) is 8.89. The summed E-state index contributed by atoms with van der Waals surface area (Å²) in [6, 6.07) is 6.77. The Hall–Kier alpha value is -3.48. The van der Waals surface area contributed by atoms with Crippen LogP contribution in [0.1, 0.15) is 28.1 Å². The molecule has 0 unspecified atom stereocenters. The van der Waals surface area contributed by atoms with Gasteiger partial charge in [-0.25, -0.2) is 14.4 Å². The highest BCUT2D eigenvalue weighted by Crippen LogP contribution is 2.40. The van der Waals surface area contributed by atoms with Crippen LogP contribution in [0.15, 0.2) is 30.6 Å². The summed E-state index contributed by atoms with van der Waals surface area (Å²) < 4.78 is 13.6. The quantitative estimate of drug-likeness (QED) is 0.673. The number of rotatable bonds is 3. The third kappa shape index (κ3) is 2.94.